The van der Waals surface area contributed by atoms with E-state index in [1.165, 1.54) is 31.4 Å². The molecule has 0 saturated heterocycles. The molecule has 0 aliphatic heterocycles. The minimum absolute atomic E-state index is 0.229. The first-order valence-corrected chi connectivity index (χ1v) is 10.8. The van der Waals surface area contributed by atoms with Crippen molar-refractivity contribution in [3.8, 4) is 27.4 Å². The van der Waals surface area contributed by atoms with Gasteiger partial charge in [0.1, 0.15) is 10.8 Å². The van der Waals surface area contributed by atoms with E-state index < -0.39 is 6.36 Å². The van der Waals surface area contributed by atoms with E-state index >= 15 is 0 Å². The van der Waals surface area contributed by atoms with Crippen LogP contribution in [0.5, 0.6) is 5.75 Å². The second kappa shape index (κ2) is 10.1. The molecule has 0 saturated carbocycles. The largest absolute Gasteiger partial charge is 0.573 e. The van der Waals surface area contributed by atoms with Gasteiger partial charge in [-0.1, -0.05) is 50.1 Å². The number of rotatable bonds is 9. The highest BCUT2D eigenvalue weighted by atomic mass is 32.1. The van der Waals surface area contributed by atoms with Crippen molar-refractivity contribution in [3.05, 3.63) is 59.6 Å². The molecule has 1 aromatic heterocycles. The fourth-order valence-corrected chi connectivity index (χ4v) is 4.01. The molecule has 0 bridgehead atoms. The number of hydrogen-bond acceptors (Lipinski definition) is 4. The molecule has 0 unspecified atom stereocenters. The Labute approximate surface area is 179 Å². The van der Waals surface area contributed by atoms with Gasteiger partial charge in [0.25, 0.3) is 0 Å². The third kappa shape index (κ3) is 6.57. The van der Waals surface area contributed by atoms with Crippen molar-refractivity contribution in [2.45, 2.75) is 39.1 Å². The lowest BCUT2D eigenvalue weighted by atomic mass is 10.0. The summed E-state index contributed by atoms with van der Waals surface area (Å²) in [6, 6.07) is 13.7. The van der Waals surface area contributed by atoms with Crippen LogP contribution in [0, 0.1) is 0 Å². The molecule has 160 valence electrons. The van der Waals surface area contributed by atoms with Crippen LogP contribution in [0.4, 0.5) is 13.2 Å². The Balaban J connectivity index is 1.73. The Bertz CT molecular complexity index is 955. The smallest absolute Gasteiger partial charge is 0.406 e. The number of benzene rings is 2. The van der Waals surface area contributed by atoms with Gasteiger partial charge in [-0.3, -0.25) is 0 Å². The predicted molar refractivity (Wildman–Crippen MR) is 116 cm³/mol. The average molecular weight is 435 g/mol. The third-order valence-corrected chi connectivity index (χ3v) is 5.58. The van der Waals surface area contributed by atoms with Crippen molar-refractivity contribution in [2.75, 3.05) is 13.6 Å². The zero-order valence-corrected chi connectivity index (χ0v) is 17.9. The summed E-state index contributed by atoms with van der Waals surface area (Å²) < 4.78 is 41.6. The van der Waals surface area contributed by atoms with Gasteiger partial charge in [-0.15, -0.1) is 24.5 Å². The van der Waals surface area contributed by atoms with E-state index in [0.717, 1.165) is 34.9 Å². The zero-order chi connectivity index (χ0) is 21.6. The molecule has 3 nitrogen and oxygen atoms in total. The van der Waals surface area contributed by atoms with Gasteiger partial charge in [0.05, 0.1) is 5.69 Å². The summed E-state index contributed by atoms with van der Waals surface area (Å²) in [7, 11) is 2.10. The zero-order valence-electron chi connectivity index (χ0n) is 17.1. The van der Waals surface area contributed by atoms with Crippen LogP contribution in [0.1, 0.15) is 31.9 Å². The topological polar surface area (TPSA) is 25.4 Å². The van der Waals surface area contributed by atoms with Crippen LogP contribution in [0.25, 0.3) is 21.7 Å². The maximum atomic E-state index is 12.5. The van der Waals surface area contributed by atoms with Crippen molar-refractivity contribution in [2.24, 2.45) is 0 Å². The number of nitrogens with zero attached hydrogens (tertiary/aromatic N) is 2. The van der Waals surface area contributed by atoms with E-state index in [-0.39, 0.29) is 5.75 Å². The van der Waals surface area contributed by atoms with E-state index in [1.807, 2.05) is 24.3 Å². The Kier molecular flexibility index (Phi) is 7.50. The fourth-order valence-electron chi connectivity index (χ4n) is 3.20. The van der Waals surface area contributed by atoms with Gasteiger partial charge in [0.15, 0.2) is 0 Å². The molecule has 0 atom stereocenters. The Morgan fingerprint density at radius 3 is 2.43 bits per heavy atom. The summed E-state index contributed by atoms with van der Waals surface area (Å²) >= 11 is 1.58. The predicted octanol–water partition coefficient (Wildman–Crippen LogP) is 7.00. The maximum Gasteiger partial charge on any atom is 0.573 e. The van der Waals surface area contributed by atoms with Gasteiger partial charge in [-0.25, -0.2) is 4.98 Å². The first-order chi connectivity index (χ1) is 14.3. The van der Waals surface area contributed by atoms with Crippen molar-refractivity contribution in [1.29, 1.82) is 0 Å². The van der Waals surface area contributed by atoms with Gasteiger partial charge in [0, 0.05) is 17.5 Å². The highest BCUT2D eigenvalue weighted by molar-refractivity contribution is 7.13. The molecule has 7 heteroatoms. The van der Waals surface area contributed by atoms with Gasteiger partial charge in [-0.05, 0) is 49.3 Å². The molecular formula is C23H25F3N2OS. The monoisotopic (exact) mass is 434 g/mol. The first kappa shape index (κ1) is 22.3. The van der Waals surface area contributed by atoms with E-state index in [1.54, 1.807) is 23.5 Å². The minimum Gasteiger partial charge on any atom is -0.406 e. The molecule has 30 heavy (non-hydrogen) atoms. The lowest BCUT2D eigenvalue weighted by molar-refractivity contribution is -0.274. The van der Waals surface area contributed by atoms with Crippen LogP contribution >= 0.6 is 11.3 Å². The summed E-state index contributed by atoms with van der Waals surface area (Å²) in [4.78, 5) is 7.03. The molecule has 0 radical (unpaired) electrons. The summed E-state index contributed by atoms with van der Waals surface area (Å²) in [5, 5.41) is 2.97. The van der Waals surface area contributed by atoms with Crippen LogP contribution in [0.3, 0.4) is 0 Å². The number of hydrogen-bond donors (Lipinski definition) is 0. The van der Waals surface area contributed by atoms with Crippen molar-refractivity contribution in [1.82, 2.24) is 9.88 Å². The van der Waals surface area contributed by atoms with E-state index in [4.69, 9.17) is 4.98 Å². The Hall–Kier alpha value is -2.38. The molecule has 3 aromatic rings. The maximum absolute atomic E-state index is 12.5. The molecule has 3 rings (SSSR count). The molecule has 0 amide bonds. The van der Waals surface area contributed by atoms with E-state index in [9.17, 15) is 13.2 Å². The molecule has 0 aliphatic carbocycles. The normalized spacial score (nSPS) is 11.8. The number of thiazole rings is 1. The van der Waals surface area contributed by atoms with Crippen LogP contribution in [0.2, 0.25) is 0 Å². The van der Waals surface area contributed by atoms with Crippen LogP contribution < -0.4 is 4.74 Å². The van der Waals surface area contributed by atoms with Crippen molar-refractivity contribution < 1.29 is 17.9 Å². The summed E-state index contributed by atoms with van der Waals surface area (Å²) in [6.45, 7) is 4.05. The lowest BCUT2D eigenvalue weighted by Crippen LogP contribution is -2.19. The molecule has 0 fully saturated rings. The van der Waals surface area contributed by atoms with Gasteiger partial charge in [-0.2, -0.15) is 0 Å². The average Bonchev–Trinajstić information content (AvgIpc) is 3.16. The summed E-state index contributed by atoms with van der Waals surface area (Å²) in [5.41, 5.74) is 3.44. The molecule has 1 heterocycles. The van der Waals surface area contributed by atoms with Crippen LogP contribution in [-0.4, -0.2) is 29.8 Å². The van der Waals surface area contributed by atoms with E-state index in [2.05, 4.69) is 29.0 Å². The third-order valence-electron chi connectivity index (χ3n) is 4.64. The number of unbranched alkanes of at least 4 members (excludes halogenated alkanes) is 2. The first-order valence-electron chi connectivity index (χ1n) is 9.93. The number of aromatic nitrogens is 1. The quantitative estimate of drug-likeness (QED) is 0.339. The second-order valence-electron chi connectivity index (χ2n) is 7.25. The Morgan fingerprint density at radius 1 is 1.00 bits per heavy atom. The molecule has 0 aliphatic rings. The van der Waals surface area contributed by atoms with E-state index in [0.29, 0.717) is 5.56 Å². The lowest BCUT2D eigenvalue weighted by Gasteiger charge is -2.14. The van der Waals surface area contributed by atoms with Crippen molar-refractivity contribution >= 4 is 11.3 Å². The van der Waals surface area contributed by atoms with Crippen LogP contribution in [-0.2, 0) is 6.54 Å². The molecule has 0 spiro atoms. The molecular weight excluding hydrogens is 409 g/mol. The summed E-state index contributed by atoms with van der Waals surface area (Å²) in [6.07, 6.45) is -1.09. The fraction of sp³-hybridized carbons (Fsp3) is 0.348. The second-order valence-corrected chi connectivity index (χ2v) is 8.10. The molecule has 0 N–H and O–H groups in total. The minimum atomic E-state index is -4.71. The standard InChI is InChI=1S/C23H25F3N2OS/c1-3-4-5-12-28(2)15-20-16-30-22(27-20)19-10-6-8-17(13-19)18-9-7-11-21(14-18)29-23(24,25)26/h6-11,13-14,16H,3-5,12,15H2,1-2H3. The Morgan fingerprint density at radius 2 is 1.70 bits per heavy atom. The van der Waals surface area contributed by atoms with Gasteiger partial charge in [0.2, 0.25) is 0 Å². The number of alkyl halides is 3. The number of ether oxygens (including phenoxy) is 1. The van der Waals surface area contributed by atoms with Crippen molar-refractivity contribution in [3.63, 3.8) is 0 Å². The van der Waals surface area contributed by atoms with Crippen LogP contribution in [0.15, 0.2) is 53.9 Å². The SMILES string of the molecule is CCCCCN(C)Cc1csc(-c2cccc(-c3cccc(OC(F)(F)F)c3)c2)n1. The summed E-state index contributed by atoms with van der Waals surface area (Å²) in [5.74, 6) is -0.229. The van der Waals surface area contributed by atoms with Gasteiger partial charge >= 0.3 is 6.36 Å². The highest BCUT2D eigenvalue weighted by Crippen LogP contribution is 2.31. The number of halogens is 3. The molecule has 2 aromatic carbocycles. The highest BCUT2D eigenvalue weighted by Gasteiger charge is 2.31. The van der Waals surface area contributed by atoms with Gasteiger partial charge < -0.3 is 9.64 Å².